The molecule has 1 aromatic carbocycles. The highest BCUT2D eigenvalue weighted by atomic mass is 32.2. The molecule has 3 rings (SSSR count). The van der Waals surface area contributed by atoms with Crippen molar-refractivity contribution >= 4 is 29.0 Å². The molecule has 0 bridgehead atoms. The first kappa shape index (κ1) is 18.8. The predicted octanol–water partition coefficient (Wildman–Crippen LogP) is 2.92. The number of amides is 1. The SMILES string of the molecule is Cc1cc2nnc(SCC(=O)N(CCC#N)c3ccccc3F)n2c(C)n1. The van der Waals surface area contributed by atoms with Gasteiger partial charge in [-0.3, -0.25) is 9.20 Å². The summed E-state index contributed by atoms with van der Waals surface area (Å²) in [4.78, 5) is 18.4. The van der Waals surface area contributed by atoms with E-state index in [1.165, 1.54) is 28.8 Å². The predicted molar refractivity (Wildman–Crippen MR) is 100.0 cm³/mol. The van der Waals surface area contributed by atoms with E-state index in [-0.39, 0.29) is 30.3 Å². The quantitative estimate of drug-likeness (QED) is 0.607. The molecule has 0 spiro atoms. The molecule has 27 heavy (non-hydrogen) atoms. The molecule has 0 saturated heterocycles. The van der Waals surface area contributed by atoms with Crippen LogP contribution in [-0.2, 0) is 4.79 Å². The fraction of sp³-hybridized carbons (Fsp3) is 0.278. The van der Waals surface area contributed by atoms with Gasteiger partial charge in [-0.15, -0.1) is 10.2 Å². The summed E-state index contributed by atoms with van der Waals surface area (Å²) in [5.74, 6) is -0.0547. The maximum Gasteiger partial charge on any atom is 0.237 e. The van der Waals surface area contributed by atoms with Crippen molar-refractivity contribution in [3.8, 4) is 6.07 Å². The third-order valence-electron chi connectivity index (χ3n) is 3.87. The van der Waals surface area contributed by atoms with Crippen LogP contribution in [0.3, 0.4) is 0 Å². The van der Waals surface area contributed by atoms with E-state index in [1.807, 2.05) is 26.0 Å². The molecule has 0 unspecified atom stereocenters. The largest absolute Gasteiger partial charge is 0.308 e. The Morgan fingerprint density at radius 1 is 1.33 bits per heavy atom. The number of aryl methyl sites for hydroxylation is 2. The standard InChI is InChI=1S/C18H17FN6OS/c1-12-10-16-22-23-18(25(16)13(2)21-12)27-11-17(26)24(9-5-8-20)15-7-4-3-6-14(15)19/h3-4,6-7,10H,5,9,11H2,1-2H3. The van der Waals surface area contributed by atoms with E-state index in [2.05, 4.69) is 15.2 Å². The third kappa shape index (κ3) is 4.06. The summed E-state index contributed by atoms with van der Waals surface area (Å²) in [5.41, 5.74) is 1.66. The zero-order valence-electron chi connectivity index (χ0n) is 14.9. The van der Waals surface area contributed by atoms with Crippen LogP contribution in [0, 0.1) is 31.0 Å². The maximum atomic E-state index is 14.1. The van der Waals surface area contributed by atoms with Crippen LogP contribution in [0.1, 0.15) is 17.9 Å². The number of benzene rings is 1. The second-order valence-corrected chi connectivity index (χ2v) is 6.76. The van der Waals surface area contributed by atoms with Crippen molar-refractivity contribution in [2.24, 2.45) is 0 Å². The van der Waals surface area contributed by atoms with Gasteiger partial charge in [0.2, 0.25) is 5.91 Å². The molecule has 7 nitrogen and oxygen atoms in total. The number of nitrogens with zero attached hydrogens (tertiary/aromatic N) is 6. The van der Waals surface area contributed by atoms with Gasteiger partial charge in [-0.05, 0) is 26.0 Å². The van der Waals surface area contributed by atoms with Crippen molar-refractivity contribution < 1.29 is 9.18 Å². The monoisotopic (exact) mass is 384 g/mol. The lowest BCUT2D eigenvalue weighted by atomic mass is 10.2. The molecule has 0 aliphatic rings. The number of carbonyl (C=O) groups is 1. The lowest BCUT2D eigenvalue weighted by molar-refractivity contribution is -0.116. The molecule has 138 valence electrons. The van der Waals surface area contributed by atoms with E-state index >= 15 is 0 Å². The van der Waals surface area contributed by atoms with Crippen molar-refractivity contribution in [1.82, 2.24) is 19.6 Å². The van der Waals surface area contributed by atoms with Crippen LogP contribution in [0.15, 0.2) is 35.5 Å². The van der Waals surface area contributed by atoms with Gasteiger partial charge >= 0.3 is 0 Å². The van der Waals surface area contributed by atoms with Crippen LogP contribution in [0.2, 0.25) is 0 Å². The summed E-state index contributed by atoms with van der Waals surface area (Å²) in [6, 6.07) is 9.83. The molecular weight excluding hydrogens is 367 g/mol. The highest BCUT2D eigenvalue weighted by Crippen LogP contribution is 2.23. The summed E-state index contributed by atoms with van der Waals surface area (Å²) in [6.07, 6.45) is 0.112. The second-order valence-electron chi connectivity index (χ2n) is 5.81. The molecule has 0 fully saturated rings. The average Bonchev–Trinajstić information content (AvgIpc) is 3.04. The summed E-state index contributed by atoms with van der Waals surface area (Å²) < 4.78 is 15.9. The van der Waals surface area contributed by atoms with Crippen molar-refractivity contribution in [1.29, 1.82) is 5.26 Å². The Balaban J connectivity index is 1.81. The first-order valence-electron chi connectivity index (χ1n) is 8.25. The zero-order valence-corrected chi connectivity index (χ0v) is 15.7. The number of anilines is 1. The molecule has 1 amide bonds. The van der Waals surface area contributed by atoms with Gasteiger partial charge in [-0.25, -0.2) is 9.37 Å². The molecule has 0 radical (unpaired) electrons. The lowest BCUT2D eigenvalue weighted by Crippen LogP contribution is -2.34. The zero-order chi connectivity index (χ0) is 19.4. The summed E-state index contributed by atoms with van der Waals surface area (Å²) in [5, 5.41) is 17.6. The van der Waals surface area contributed by atoms with Crippen LogP contribution in [0.4, 0.5) is 10.1 Å². The van der Waals surface area contributed by atoms with E-state index in [9.17, 15) is 9.18 Å². The molecule has 9 heteroatoms. The van der Waals surface area contributed by atoms with Gasteiger partial charge in [0.25, 0.3) is 0 Å². The summed E-state index contributed by atoms with van der Waals surface area (Å²) in [7, 11) is 0. The van der Waals surface area contributed by atoms with Gasteiger partial charge in [0.05, 0.1) is 23.9 Å². The van der Waals surface area contributed by atoms with Gasteiger partial charge in [0.15, 0.2) is 10.8 Å². The Morgan fingerprint density at radius 3 is 2.85 bits per heavy atom. The molecule has 2 aromatic heterocycles. The molecular formula is C18H17FN6OS. The molecule has 2 heterocycles. The Hall–Kier alpha value is -2.99. The Labute approximate surface area is 159 Å². The summed E-state index contributed by atoms with van der Waals surface area (Å²) >= 11 is 1.20. The Morgan fingerprint density at radius 2 is 2.11 bits per heavy atom. The van der Waals surface area contributed by atoms with Crippen molar-refractivity contribution in [2.45, 2.75) is 25.4 Å². The number of hydrogen-bond acceptors (Lipinski definition) is 6. The van der Waals surface area contributed by atoms with Gasteiger partial charge < -0.3 is 4.90 Å². The number of nitriles is 1. The highest BCUT2D eigenvalue weighted by Gasteiger charge is 2.20. The molecule has 0 saturated carbocycles. The first-order valence-corrected chi connectivity index (χ1v) is 9.24. The van der Waals surface area contributed by atoms with E-state index in [4.69, 9.17) is 5.26 Å². The fourth-order valence-corrected chi connectivity index (χ4v) is 3.57. The van der Waals surface area contributed by atoms with E-state index in [0.717, 1.165) is 11.5 Å². The van der Waals surface area contributed by atoms with Gasteiger partial charge in [-0.1, -0.05) is 23.9 Å². The number of rotatable bonds is 6. The van der Waals surface area contributed by atoms with E-state index < -0.39 is 5.82 Å². The number of para-hydroxylation sites is 1. The minimum atomic E-state index is -0.503. The topological polar surface area (TPSA) is 87.2 Å². The maximum absolute atomic E-state index is 14.1. The normalized spacial score (nSPS) is 10.7. The second kappa shape index (κ2) is 8.14. The molecule has 3 aromatic rings. The molecule has 0 atom stereocenters. The van der Waals surface area contributed by atoms with Gasteiger partial charge in [-0.2, -0.15) is 5.26 Å². The van der Waals surface area contributed by atoms with Gasteiger partial charge in [0, 0.05) is 18.3 Å². The number of aromatic nitrogens is 4. The summed E-state index contributed by atoms with van der Waals surface area (Å²) in [6.45, 7) is 3.84. The number of carbonyl (C=O) groups excluding carboxylic acids is 1. The molecule has 0 N–H and O–H groups in total. The van der Waals surface area contributed by atoms with Crippen molar-refractivity contribution in [2.75, 3.05) is 17.2 Å². The van der Waals surface area contributed by atoms with Crippen LogP contribution < -0.4 is 4.90 Å². The molecule has 0 aliphatic carbocycles. The number of fused-ring (bicyclic) bond motifs is 1. The third-order valence-corrected chi connectivity index (χ3v) is 4.79. The Bertz CT molecular complexity index is 1030. The number of halogens is 1. The minimum Gasteiger partial charge on any atom is -0.308 e. The van der Waals surface area contributed by atoms with Gasteiger partial charge in [0.1, 0.15) is 11.6 Å². The smallest absolute Gasteiger partial charge is 0.237 e. The van der Waals surface area contributed by atoms with Crippen LogP contribution >= 0.6 is 11.8 Å². The van der Waals surface area contributed by atoms with Crippen LogP contribution in [0.5, 0.6) is 0 Å². The van der Waals surface area contributed by atoms with E-state index in [0.29, 0.717) is 10.8 Å². The van der Waals surface area contributed by atoms with Crippen LogP contribution in [-0.4, -0.2) is 37.8 Å². The first-order chi connectivity index (χ1) is 13.0. The Kier molecular flexibility index (Phi) is 5.66. The van der Waals surface area contributed by atoms with Crippen molar-refractivity contribution in [3.63, 3.8) is 0 Å². The fourth-order valence-electron chi connectivity index (χ4n) is 2.71. The molecule has 0 aliphatic heterocycles. The highest BCUT2D eigenvalue weighted by molar-refractivity contribution is 7.99. The average molecular weight is 384 g/mol. The van der Waals surface area contributed by atoms with Crippen LogP contribution in [0.25, 0.3) is 5.65 Å². The number of hydrogen-bond donors (Lipinski definition) is 0. The van der Waals surface area contributed by atoms with Crippen molar-refractivity contribution in [3.05, 3.63) is 47.7 Å². The number of thioether (sulfide) groups is 1. The minimum absolute atomic E-state index is 0.0356. The lowest BCUT2D eigenvalue weighted by Gasteiger charge is -2.22. The van der Waals surface area contributed by atoms with E-state index in [1.54, 1.807) is 16.5 Å².